The summed E-state index contributed by atoms with van der Waals surface area (Å²) in [4.78, 5) is 16.2. The molecule has 2 amide bonds. The Morgan fingerprint density at radius 3 is 2.35 bits per heavy atom. The third-order valence-corrected chi connectivity index (χ3v) is 4.44. The van der Waals surface area contributed by atoms with Gasteiger partial charge in [0.05, 0.1) is 13.2 Å². The van der Waals surface area contributed by atoms with Crippen molar-refractivity contribution in [1.29, 1.82) is 0 Å². The second-order valence-corrected chi connectivity index (χ2v) is 6.41. The van der Waals surface area contributed by atoms with Crippen LogP contribution in [0.1, 0.15) is 11.1 Å². The van der Waals surface area contributed by atoms with Crippen LogP contribution in [0.25, 0.3) is 0 Å². The third kappa shape index (κ3) is 4.95. The first-order chi connectivity index (χ1) is 12.6. The molecule has 1 N–H and O–H groups in total. The zero-order valence-electron chi connectivity index (χ0n) is 15.0. The molecule has 26 heavy (non-hydrogen) atoms. The molecule has 3 rings (SSSR count). The minimum Gasteiger partial charge on any atom is -0.378 e. The van der Waals surface area contributed by atoms with Crippen LogP contribution in [0.3, 0.4) is 0 Å². The summed E-state index contributed by atoms with van der Waals surface area (Å²) >= 11 is 0. The van der Waals surface area contributed by atoms with Gasteiger partial charge in [0, 0.05) is 38.9 Å². The number of urea groups is 1. The molecular weight excluding hydrogens is 333 g/mol. The van der Waals surface area contributed by atoms with E-state index in [4.69, 9.17) is 4.74 Å². The van der Waals surface area contributed by atoms with Crippen molar-refractivity contribution in [2.24, 2.45) is 0 Å². The number of rotatable bonds is 5. The lowest BCUT2D eigenvalue weighted by molar-refractivity contribution is 0.122. The van der Waals surface area contributed by atoms with Gasteiger partial charge in [-0.05, 0) is 35.4 Å². The number of ether oxygens (including phenoxy) is 1. The largest absolute Gasteiger partial charge is 0.378 e. The summed E-state index contributed by atoms with van der Waals surface area (Å²) in [7, 11) is 1.76. The Morgan fingerprint density at radius 2 is 1.69 bits per heavy atom. The maximum Gasteiger partial charge on any atom is 0.317 e. The first-order valence-electron chi connectivity index (χ1n) is 8.77. The number of amides is 2. The SMILES string of the molecule is CN(Cc1ccc(N2CCOCC2)cc1)C(=O)NCc1ccc(F)cc1. The molecule has 0 aliphatic carbocycles. The molecule has 1 heterocycles. The van der Waals surface area contributed by atoms with Crippen molar-refractivity contribution in [2.75, 3.05) is 38.3 Å². The summed E-state index contributed by atoms with van der Waals surface area (Å²) in [6, 6.07) is 14.2. The van der Waals surface area contributed by atoms with Crippen molar-refractivity contribution < 1.29 is 13.9 Å². The summed E-state index contributed by atoms with van der Waals surface area (Å²) in [6.07, 6.45) is 0. The molecule has 0 unspecified atom stereocenters. The van der Waals surface area contributed by atoms with Crippen molar-refractivity contribution in [3.05, 3.63) is 65.5 Å². The molecule has 0 spiro atoms. The van der Waals surface area contributed by atoms with Gasteiger partial charge in [0.2, 0.25) is 0 Å². The number of benzene rings is 2. The van der Waals surface area contributed by atoms with Crippen LogP contribution in [0.15, 0.2) is 48.5 Å². The molecule has 6 heteroatoms. The molecule has 0 atom stereocenters. The van der Waals surface area contributed by atoms with Crippen LogP contribution in [-0.4, -0.2) is 44.3 Å². The highest BCUT2D eigenvalue weighted by Crippen LogP contribution is 2.17. The predicted octanol–water partition coefficient (Wildman–Crippen LogP) is 3.00. The van der Waals surface area contributed by atoms with E-state index in [1.807, 2.05) is 0 Å². The van der Waals surface area contributed by atoms with Gasteiger partial charge in [-0.2, -0.15) is 0 Å². The molecule has 1 aliphatic rings. The van der Waals surface area contributed by atoms with Gasteiger partial charge in [-0.3, -0.25) is 0 Å². The average molecular weight is 357 g/mol. The Hall–Kier alpha value is -2.60. The van der Waals surface area contributed by atoms with Gasteiger partial charge >= 0.3 is 6.03 Å². The molecule has 138 valence electrons. The predicted molar refractivity (Wildman–Crippen MR) is 99.6 cm³/mol. The Labute approximate surface area is 153 Å². The van der Waals surface area contributed by atoms with Gasteiger partial charge in [0.15, 0.2) is 0 Å². The highest BCUT2D eigenvalue weighted by molar-refractivity contribution is 5.73. The van der Waals surface area contributed by atoms with Crippen molar-refractivity contribution in [3.8, 4) is 0 Å². The highest BCUT2D eigenvalue weighted by atomic mass is 19.1. The summed E-state index contributed by atoms with van der Waals surface area (Å²) in [5, 5.41) is 2.84. The van der Waals surface area contributed by atoms with E-state index in [1.54, 1.807) is 24.1 Å². The highest BCUT2D eigenvalue weighted by Gasteiger charge is 2.12. The van der Waals surface area contributed by atoms with Crippen LogP contribution in [-0.2, 0) is 17.8 Å². The maximum absolute atomic E-state index is 12.9. The molecule has 1 aliphatic heterocycles. The number of nitrogens with zero attached hydrogens (tertiary/aromatic N) is 2. The van der Waals surface area contributed by atoms with E-state index in [2.05, 4.69) is 34.5 Å². The number of anilines is 1. The maximum atomic E-state index is 12.9. The van der Waals surface area contributed by atoms with E-state index in [0.29, 0.717) is 13.1 Å². The Bertz CT molecular complexity index is 713. The third-order valence-electron chi connectivity index (χ3n) is 4.44. The van der Waals surface area contributed by atoms with Gasteiger partial charge in [-0.1, -0.05) is 24.3 Å². The number of nitrogens with one attached hydrogen (secondary N) is 1. The molecule has 0 bridgehead atoms. The lowest BCUT2D eigenvalue weighted by atomic mass is 10.2. The number of halogens is 1. The Kier molecular flexibility index (Phi) is 6.07. The minimum atomic E-state index is -0.280. The average Bonchev–Trinajstić information content (AvgIpc) is 2.68. The number of carbonyl (C=O) groups excluding carboxylic acids is 1. The van der Waals surface area contributed by atoms with Crippen LogP contribution < -0.4 is 10.2 Å². The van der Waals surface area contributed by atoms with Crippen LogP contribution in [0.5, 0.6) is 0 Å². The van der Waals surface area contributed by atoms with Gasteiger partial charge in [-0.15, -0.1) is 0 Å². The molecule has 1 fully saturated rings. The molecule has 0 aromatic heterocycles. The quantitative estimate of drug-likeness (QED) is 0.895. The van der Waals surface area contributed by atoms with Gasteiger partial charge < -0.3 is 19.9 Å². The van der Waals surface area contributed by atoms with E-state index in [1.165, 1.54) is 17.8 Å². The Morgan fingerprint density at radius 1 is 1.08 bits per heavy atom. The fourth-order valence-corrected chi connectivity index (χ4v) is 2.89. The van der Waals surface area contributed by atoms with Gasteiger partial charge in [0.1, 0.15) is 5.82 Å². The number of carbonyl (C=O) groups is 1. The van der Waals surface area contributed by atoms with Crippen LogP contribution in [0.2, 0.25) is 0 Å². The summed E-state index contributed by atoms with van der Waals surface area (Å²) in [6.45, 7) is 4.24. The first-order valence-corrected chi connectivity index (χ1v) is 8.77. The molecule has 0 radical (unpaired) electrons. The molecule has 5 nitrogen and oxygen atoms in total. The normalized spacial score (nSPS) is 14.2. The second-order valence-electron chi connectivity index (χ2n) is 6.41. The topological polar surface area (TPSA) is 44.8 Å². The zero-order chi connectivity index (χ0) is 18.4. The lowest BCUT2D eigenvalue weighted by Crippen LogP contribution is -2.36. The molecular formula is C20H24FN3O2. The van der Waals surface area contributed by atoms with Crippen molar-refractivity contribution in [3.63, 3.8) is 0 Å². The minimum absolute atomic E-state index is 0.161. The standard InChI is InChI=1S/C20H24FN3O2/c1-23(20(25)22-14-16-2-6-18(21)7-3-16)15-17-4-8-19(9-5-17)24-10-12-26-13-11-24/h2-9H,10-15H2,1H3,(H,22,25). The zero-order valence-corrected chi connectivity index (χ0v) is 15.0. The lowest BCUT2D eigenvalue weighted by Gasteiger charge is -2.29. The first kappa shape index (κ1) is 18.2. The monoisotopic (exact) mass is 357 g/mol. The number of morpholine rings is 1. The van der Waals surface area contributed by atoms with E-state index >= 15 is 0 Å². The van der Waals surface area contributed by atoms with E-state index in [9.17, 15) is 9.18 Å². The van der Waals surface area contributed by atoms with Crippen molar-refractivity contribution in [2.45, 2.75) is 13.1 Å². The number of hydrogen-bond donors (Lipinski definition) is 1. The van der Waals surface area contributed by atoms with Crippen LogP contribution in [0, 0.1) is 5.82 Å². The molecule has 2 aromatic carbocycles. The van der Waals surface area contributed by atoms with E-state index in [0.717, 1.165) is 37.4 Å². The van der Waals surface area contributed by atoms with E-state index in [-0.39, 0.29) is 11.8 Å². The Balaban J connectivity index is 1.49. The molecule has 2 aromatic rings. The van der Waals surface area contributed by atoms with Crippen molar-refractivity contribution in [1.82, 2.24) is 10.2 Å². The summed E-state index contributed by atoms with van der Waals surface area (Å²) < 4.78 is 18.3. The molecule has 0 saturated carbocycles. The van der Waals surface area contributed by atoms with Crippen LogP contribution >= 0.6 is 0 Å². The smallest absolute Gasteiger partial charge is 0.317 e. The summed E-state index contributed by atoms with van der Waals surface area (Å²) in [5.41, 5.74) is 3.12. The second kappa shape index (κ2) is 8.67. The van der Waals surface area contributed by atoms with Gasteiger partial charge in [0.25, 0.3) is 0 Å². The van der Waals surface area contributed by atoms with Gasteiger partial charge in [-0.25, -0.2) is 9.18 Å². The molecule has 1 saturated heterocycles. The van der Waals surface area contributed by atoms with E-state index < -0.39 is 0 Å². The van der Waals surface area contributed by atoms with Crippen molar-refractivity contribution >= 4 is 11.7 Å². The summed E-state index contributed by atoms with van der Waals surface area (Å²) in [5.74, 6) is -0.280. The fourth-order valence-electron chi connectivity index (χ4n) is 2.89. The number of hydrogen-bond acceptors (Lipinski definition) is 3. The van der Waals surface area contributed by atoms with Crippen LogP contribution in [0.4, 0.5) is 14.9 Å². The fraction of sp³-hybridized carbons (Fsp3) is 0.350.